The maximum atomic E-state index is 6.56. The zero-order valence-corrected chi connectivity index (χ0v) is 27.8. The van der Waals surface area contributed by atoms with Crippen molar-refractivity contribution in [2.45, 2.75) is 0 Å². The van der Waals surface area contributed by atoms with Gasteiger partial charge < -0.3 is 14.2 Å². The highest BCUT2D eigenvalue weighted by atomic mass is 16.5. The van der Waals surface area contributed by atoms with Crippen molar-refractivity contribution in [3.8, 4) is 50.6 Å². The molecule has 3 heteroatoms. The molecule has 2 heterocycles. The number of aromatic nitrogens is 1. The third-order valence-corrected chi connectivity index (χ3v) is 10.0. The van der Waals surface area contributed by atoms with E-state index in [0.717, 1.165) is 50.9 Å². The van der Waals surface area contributed by atoms with Gasteiger partial charge in [0.2, 0.25) is 0 Å². The number of benzene rings is 8. The predicted molar refractivity (Wildman–Crippen MR) is 212 cm³/mol. The van der Waals surface area contributed by atoms with E-state index in [4.69, 9.17) is 4.74 Å². The molecule has 8 aromatic carbocycles. The third-order valence-electron chi connectivity index (χ3n) is 10.0. The van der Waals surface area contributed by atoms with Crippen LogP contribution in [0.4, 0.5) is 17.1 Å². The molecule has 0 bridgehead atoms. The lowest BCUT2D eigenvalue weighted by Crippen LogP contribution is -2.09. The average molecular weight is 653 g/mol. The van der Waals surface area contributed by atoms with Crippen LogP contribution < -0.4 is 9.64 Å². The fourth-order valence-electron chi connectivity index (χ4n) is 7.51. The Morgan fingerprint density at radius 2 is 0.843 bits per heavy atom. The van der Waals surface area contributed by atoms with Crippen molar-refractivity contribution in [1.82, 2.24) is 4.57 Å². The first-order valence-electron chi connectivity index (χ1n) is 17.3. The van der Waals surface area contributed by atoms with Gasteiger partial charge in [0.1, 0.15) is 0 Å². The topological polar surface area (TPSA) is 17.4 Å². The minimum absolute atomic E-state index is 0.860. The normalized spacial score (nSPS) is 11.7. The summed E-state index contributed by atoms with van der Waals surface area (Å²) in [6.07, 6.45) is 0. The van der Waals surface area contributed by atoms with Crippen LogP contribution in [0.25, 0.3) is 60.9 Å². The highest BCUT2D eigenvalue weighted by Gasteiger charge is 2.24. The highest BCUT2D eigenvalue weighted by Crippen LogP contribution is 2.46. The van der Waals surface area contributed by atoms with Gasteiger partial charge in [-0.15, -0.1) is 0 Å². The largest absolute Gasteiger partial charge is 0.453 e. The number of hydrogen-bond donors (Lipinski definition) is 0. The van der Waals surface area contributed by atoms with Crippen molar-refractivity contribution in [2.75, 3.05) is 4.90 Å². The molecule has 1 aliphatic rings. The maximum absolute atomic E-state index is 6.56. The maximum Gasteiger partial charge on any atom is 0.152 e. The molecule has 0 radical (unpaired) electrons. The molecule has 9 aromatic rings. The van der Waals surface area contributed by atoms with Gasteiger partial charge in [-0.05, 0) is 94.0 Å². The van der Waals surface area contributed by atoms with E-state index in [2.05, 4.69) is 204 Å². The van der Waals surface area contributed by atoms with Crippen LogP contribution >= 0.6 is 0 Å². The van der Waals surface area contributed by atoms with Gasteiger partial charge in [0.25, 0.3) is 0 Å². The second-order valence-corrected chi connectivity index (χ2v) is 13.0. The molecule has 3 nitrogen and oxygen atoms in total. The predicted octanol–water partition coefficient (Wildman–Crippen LogP) is 13.4. The van der Waals surface area contributed by atoms with Crippen LogP contribution in [0.1, 0.15) is 0 Å². The van der Waals surface area contributed by atoms with E-state index in [1.54, 1.807) is 0 Å². The Morgan fingerprint density at radius 1 is 0.353 bits per heavy atom. The fraction of sp³-hybridized carbons (Fsp3) is 0. The Balaban J connectivity index is 0.967. The first-order valence-corrected chi connectivity index (χ1v) is 17.3. The summed E-state index contributed by atoms with van der Waals surface area (Å²) in [7, 11) is 0. The minimum Gasteiger partial charge on any atom is -0.453 e. The van der Waals surface area contributed by atoms with Gasteiger partial charge in [0.15, 0.2) is 11.5 Å². The molecule has 0 saturated heterocycles. The second kappa shape index (κ2) is 11.9. The Bertz CT molecular complexity index is 2680. The van der Waals surface area contributed by atoms with Crippen molar-refractivity contribution < 1.29 is 4.74 Å². The molecule has 0 aliphatic carbocycles. The van der Waals surface area contributed by atoms with Crippen molar-refractivity contribution in [2.24, 2.45) is 0 Å². The Kier molecular flexibility index (Phi) is 6.81. The van der Waals surface area contributed by atoms with Gasteiger partial charge in [-0.1, -0.05) is 133 Å². The van der Waals surface area contributed by atoms with Crippen LogP contribution in [-0.4, -0.2) is 4.57 Å². The summed E-state index contributed by atoms with van der Waals surface area (Å²) in [4.78, 5) is 2.31. The van der Waals surface area contributed by atoms with E-state index in [0.29, 0.717) is 0 Å². The van der Waals surface area contributed by atoms with Gasteiger partial charge >= 0.3 is 0 Å². The van der Waals surface area contributed by atoms with Crippen molar-refractivity contribution >= 4 is 38.9 Å². The van der Waals surface area contributed by atoms with Crippen LogP contribution in [0.3, 0.4) is 0 Å². The number of hydrogen-bond acceptors (Lipinski definition) is 2. The standard InChI is InChI=1S/C48H32N2O/c1-3-10-33(11-4-1)34-18-20-35(21-19-34)36-22-27-40(28-23-36)49(39-12-5-2-6-13-39)41-29-24-37(25-30-41)38-26-31-45-47(32-38)51-46-17-9-15-43-42-14-7-8-16-44(42)50(45)48(43)46/h1-32H. The van der Waals surface area contributed by atoms with Crippen molar-refractivity contribution in [3.05, 3.63) is 194 Å². The van der Waals surface area contributed by atoms with Crippen LogP contribution in [-0.2, 0) is 0 Å². The molecule has 240 valence electrons. The van der Waals surface area contributed by atoms with Crippen molar-refractivity contribution in [3.63, 3.8) is 0 Å². The molecule has 0 fully saturated rings. The Hall–Kier alpha value is -6.84. The molecule has 0 atom stereocenters. The average Bonchev–Trinajstić information content (AvgIpc) is 3.55. The first-order chi connectivity index (χ1) is 25.3. The summed E-state index contributed by atoms with van der Waals surface area (Å²) in [6, 6.07) is 69.0. The molecule has 0 unspecified atom stereocenters. The molecular weight excluding hydrogens is 621 g/mol. The van der Waals surface area contributed by atoms with Crippen molar-refractivity contribution in [1.29, 1.82) is 0 Å². The summed E-state index contributed by atoms with van der Waals surface area (Å²) >= 11 is 0. The molecule has 0 N–H and O–H groups in total. The van der Waals surface area contributed by atoms with E-state index >= 15 is 0 Å². The summed E-state index contributed by atoms with van der Waals surface area (Å²) in [5.74, 6) is 1.75. The zero-order chi connectivity index (χ0) is 33.7. The molecule has 0 saturated carbocycles. The third kappa shape index (κ3) is 4.98. The van der Waals surface area contributed by atoms with Gasteiger partial charge in [0, 0.05) is 27.8 Å². The van der Waals surface area contributed by atoms with E-state index in [1.165, 1.54) is 38.5 Å². The number of para-hydroxylation sites is 3. The minimum atomic E-state index is 0.860. The van der Waals surface area contributed by atoms with E-state index in [-0.39, 0.29) is 0 Å². The van der Waals surface area contributed by atoms with E-state index in [1.807, 2.05) is 0 Å². The zero-order valence-electron chi connectivity index (χ0n) is 27.8. The molecular formula is C48H32N2O. The van der Waals surface area contributed by atoms with Gasteiger partial charge in [0.05, 0.1) is 16.7 Å². The smallest absolute Gasteiger partial charge is 0.152 e. The molecule has 10 rings (SSSR count). The lowest BCUT2D eigenvalue weighted by Gasteiger charge is -2.26. The molecule has 51 heavy (non-hydrogen) atoms. The number of ether oxygens (including phenoxy) is 1. The SMILES string of the molecule is c1ccc(-c2ccc(-c3ccc(N(c4ccccc4)c4ccc(-c5ccc6c(c5)Oc5cccc7c8ccccc8n-6c57)cc4)cc3)cc2)cc1. The van der Waals surface area contributed by atoms with Crippen LogP contribution in [0, 0.1) is 0 Å². The Morgan fingerprint density at radius 3 is 1.51 bits per heavy atom. The van der Waals surface area contributed by atoms with Crippen LogP contribution in [0.5, 0.6) is 11.5 Å². The monoisotopic (exact) mass is 652 g/mol. The molecule has 1 aliphatic heterocycles. The second-order valence-electron chi connectivity index (χ2n) is 13.0. The lowest BCUT2D eigenvalue weighted by atomic mass is 10.00. The summed E-state index contributed by atoms with van der Waals surface area (Å²) < 4.78 is 8.90. The number of rotatable bonds is 6. The Labute approximate surface area is 296 Å². The van der Waals surface area contributed by atoms with Gasteiger partial charge in [-0.25, -0.2) is 0 Å². The summed E-state index contributed by atoms with van der Waals surface area (Å²) in [5, 5.41) is 2.45. The van der Waals surface area contributed by atoms with Crippen LogP contribution in [0.2, 0.25) is 0 Å². The number of anilines is 3. The molecule has 0 spiro atoms. The van der Waals surface area contributed by atoms with Crippen LogP contribution in [0.15, 0.2) is 194 Å². The van der Waals surface area contributed by atoms with E-state index < -0.39 is 0 Å². The van der Waals surface area contributed by atoms with Gasteiger partial charge in [-0.3, -0.25) is 0 Å². The number of nitrogens with zero attached hydrogens (tertiary/aromatic N) is 2. The molecule has 0 amide bonds. The summed E-state index contributed by atoms with van der Waals surface area (Å²) in [5.41, 5.74) is 13.8. The quantitative estimate of drug-likeness (QED) is 0.178. The lowest BCUT2D eigenvalue weighted by molar-refractivity contribution is 0.476. The number of fused-ring (bicyclic) bond motifs is 5. The fourth-order valence-corrected chi connectivity index (χ4v) is 7.51. The van der Waals surface area contributed by atoms with Gasteiger partial charge in [-0.2, -0.15) is 0 Å². The first kappa shape index (κ1) is 29.1. The highest BCUT2D eigenvalue weighted by molar-refractivity contribution is 6.12. The molecule has 1 aromatic heterocycles. The summed E-state index contributed by atoms with van der Waals surface area (Å²) in [6.45, 7) is 0. The van der Waals surface area contributed by atoms with E-state index in [9.17, 15) is 0 Å².